The molecule has 3 rings (SSSR count). The fourth-order valence-corrected chi connectivity index (χ4v) is 2.90. The Hall–Kier alpha value is -2.30. The molecule has 0 fully saturated rings. The fraction of sp³-hybridized carbons (Fsp3) is 0.231. The number of aryl methyl sites for hydroxylation is 1. The summed E-state index contributed by atoms with van der Waals surface area (Å²) >= 11 is 0. The van der Waals surface area contributed by atoms with Crippen LogP contribution in [-0.2, 0) is 12.8 Å². The van der Waals surface area contributed by atoms with Crippen molar-refractivity contribution in [3.05, 3.63) is 34.5 Å². The highest BCUT2D eigenvalue weighted by atomic mass is 16.4. The quantitative estimate of drug-likeness (QED) is 0.746. The van der Waals surface area contributed by atoms with Gasteiger partial charge in [-0.2, -0.15) is 0 Å². The van der Waals surface area contributed by atoms with Crippen LogP contribution in [0, 0.1) is 0 Å². The number of aromatic nitrogens is 1. The normalized spacial score (nSPS) is 13.8. The SMILES string of the molecule is NC(=O)c1c(C(=O)O)c2c(c3[nH]ccc13)CCC2. The molecule has 1 aliphatic rings. The van der Waals surface area contributed by atoms with Crippen molar-refractivity contribution < 1.29 is 14.7 Å². The van der Waals surface area contributed by atoms with E-state index in [9.17, 15) is 14.7 Å². The second-order valence-electron chi connectivity index (χ2n) is 4.50. The third-order valence-corrected chi connectivity index (χ3v) is 3.55. The molecule has 1 amide bonds. The Labute approximate surface area is 103 Å². The van der Waals surface area contributed by atoms with Crippen molar-refractivity contribution in [3.8, 4) is 0 Å². The number of fused-ring (bicyclic) bond motifs is 3. The van der Waals surface area contributed by atoms with Crippen LogP contribution in [0.5, 0.6) is 0 Å². The summed E-state index contributed by atoms with van der Waals surface area (Å²) < 4.78 is 0. The highest BCUT2D eigenvalue weighted by Gasteiger charge is 2.28. The van der Waals surface area contributed by atoms with E-state index in [4.69, 9.17) is 5.73 Å². The molecule has 1 aromatic heterocycles. The Bertz CT molecular complexity index is 685. The second kappa shape index (κ2) is 3.60. The van der Waals surface area contributed by atoms with Crippen molar-refractivity contribution in [1.82, 2.24) is 4.98 Å². The molecule has 0 radical (unpaired) electrons. The molecule has 1 aliphatic carbocycles. The first-order valence-corrected chi connectivity index (χ1v) is 5.79. The minimum Gasteiger partial charge on any atom is -0.478 e. The molecule has 2 aromatic rings. The number of nitrogens with one attached hydrogen (secondary N) is 1. The van der Waals surface area contributed by atoms with E-state index in [-0.39, 0.29) is 11.1 Å². The van der Waals surface area contributed by atoms with Crippen molar-refractivity contribution in [2.24, 2.45) is 5.73 Å². The summed E-state index contributed by atoms with van der Waals surface area (Å²) in [7, 11) is 0. The molecule has 0 saturated heterocycles. The topological polar surface area (TPSA) is 96.2 Å². The number of primary amides is 1. The maximum absolute atomic E-state index is 11.6. The number of benzene rings is 1. The predicted octanol–water partition coefficient (Wildman–Crippen LogP) is 1.45. The number of rotatable bonds is 2. The van der Waals surface area contributed by atoms with Crippen LogP contribution in [0.3, 0.4) is 0 Å². The van der Waals surface area contributed by atoms with E-state index in [1.807, 2.05) is 0 Å². The number of aromatic carboxylic acids is 1. The summed E-state index contributed by atoms with van der Waals surface area (Å²) in [5, 5.41) is 9.97. The molecule has 1 heterocycles. The molecule has 0 saturated carbocycles. The highest BCUT2D eigenvalue weighted by molar-refractivity contribution is 6.15. The number of hydrogen-bond donors (Lipinski definition) is 3. The van der Waals surface area contributed by atoms with Gasteiger partial charge in [0.25, 0.3) is 0 Å². The van der Waals surface area contributed by atoms with Gasteiger partial charge in [-0.05, 0) is 36.5 Å². The molecule has 1 aromatic carbocycles. The van der Waals surface area contributed by atoms with Gasteiger partial charge in [-0.1, -0.05) is 0 Å². The molecule has 0 aliphatic heterocycles. The number of carboxylic acid groups (broad SMARTS) is 1. The molecule has 5 heteroatoms. The third-order valence-electron chi connectivity index (χ3n) is 3.55. The van der Waals surface area contributed by atoms with Crippen LogP contribution in [0.25, 0.3) is 10.9 Å². The Kier molecular flexibility index (Phi) is 2.16. The van der Waals surface area contributed by atoms with E-state index >= 15 is 0 Å². The fourth-order valence-electron chi connectivity index (χ4n) is 2.90. The van der Waals surface area contributed by atoms with Crippen LogP contribution in [0.4, 0.5) is 0 Å². The predicted molar refractivity (Wildman–Crippen MR) is 65.8 cm³/mol. The monoisotopic (exact) mass is 244 g/mol. The lowest BCUT2D eigenvalue weighted by Crippen LogP contribution is -2.19. The first-order chi connectivity index (χ1) is 8.61. The average Bonchev–Trinajstić information content (AvgIpc) is 2.93. The maximum atomic E-state index is 11.6. The van der Waals surface area contributed by atoms with E-state index in [0.717, 1.165) is 29.5 Å². The average molecular weight is 244 g/mol. The van der Waals surface area contributed by atoms with Gasteiger partial charge in [0.1, 0.15) is 0 Å². The zero-order chi connectivity index (χ0) is 12.9. The molecule has 0 unspecified atom stereocenters. The van der Waals surface area contributed by atoms with E-state index < -0.39 is 11.9 Å². The number of carboxylic acids is 1. The van der Waals surface area contributed by atoms with Gasteiger partial charge in [0, 0.05) is 17.1 Å². The van der Waals surface area contributed by atoms with Gasteiger partial charge in [-0.25, -0.2) is 4.79 Å². The minimum absolute atomic E-state index is 0.0853. The lowest BCUT2D eigenvalue weighted by Gasteiger charge is -2.11. The summed E-state index contributed by atoms with van der Waals surface area (Å²) in [6.07, 6.45) is 4.14. The lowest BCUT2D eigenvalue weighted by molar-refractivity contribution is 0.0691. The van der Waals surface area contributed by atoms with E-state index in [1.54, 1.807) is 12.3 Å². The number of nitrogens with two attached hydrogens (primary N) is 1. The molecule has 0 spiro atoms. The van der Waals surface area contributed by atoms with Crippen molar-refractivity contribution in [3.63, 3.8) is 0 Å². The molecular formula is C13H12N2O3. The summed E-state index contributed by atoms with van der Waals surface area (Å²) in [6.45, 7) is 0. The van der Waals surface area contributed by atoms with Gasteiger partial charge in [-0.15, -0.1) is 0 Å². The molecule has 5 nitrogen and oxygen atoms in total. The molecular weight excluding hydrogens is 232 g/mol. The molecule has 92 valence electrons. The maximum Gasteiger partial charge on any atom is 0.336 e. The van der Waals surface area contributed by atoms with Gasteiger partial charge < -0.3 is 15.8 Å². The second-order valence-corrected chi connectivity index (χ2v) is 4.50. The van der Waals surface area contributed by atoms with Crippen LogP contribution in [-0.4, -0.2) is 22.0 Å². The van der Waals surface area contributed by atoms with Crippen molar-refractivity contribution in [2.75, 3.05) is 0 Å². The van der Waals surface area contributed by atoms with Crippen LogP contribution in [0.2, 0.25) is 0 Å². The first kappa shape index (κ1) is 10.8. The zero-order valence-corrected chi connectivity index (χ0v) is 9.62. The van der Waals surface area contributed by atoms with Crippen LogP contribution in [0.1, 0.15) is 38.3 Å². The molecule has 4 N–H and O–H groups in total. The summed E-state index contributed by atoms with van der Waals surface area (Å²) in [5.41, 5.74) is 8.18. The van der Waals surface area contributed by atoms with Gasteiger partial charge in [0.2, 0.25) is 5.91 Å². The Morgan fingerprint density at radius 3 is 2.61 bits per heavy atom. The summed E-state index contributed by atoms with van der Waals surface area (Å²) in [4.78, 5) is 26.1. The van der Waals surface area contributed by atoms with E-state index in [1.165, 1.54) is 0 Å². The Balaban J connectivity index is 2.53. The molecule has 0 bridgehead atoms. The third kappa shape index (κ3) is 1.27. The van der Waals surface area contributed by atoms with Gasteiger partial charge in [-0.3, -0.25) is 4.79 Å². The van der Waals surface area contributed by atoms with Gasteiger partial charge >= 0.3 is 5.97 Å². The summed E-state index contributed by atoms with van der Waals surface area (Å²) in [5.74, 6) is -1.77. The smallest absolute Gasteiger partial charge is 0.336 e. The Morgan fingerprint density at radius 1 is 1.22 bits per heavy atom. The molecule has 0 atom stereocenters. The van der Waals surface area contributed by atoms with E-state index in [0.29, 0.717) is 11.8 Å². The van der Waals surface area contributed by atoms with E-state index in [2.05, 4.69) is 4.98 Å². The van der Waals surface area contributed by atoms with Crippen LogP contribution >= 0.6 is 0 Å². The Morgan fingerprint density at radius 2 is 1.94 bits per heavy atom. The zero-order valence-electron chi connectivity index (χ0n) is 9.62. The number of aromatic amines is 1. The number of amides is 1. The largest absolute Gasteiger partial charge is 0.478 e. The van der Waals surface area contributed by atoms with Crippen molar-refractivity contribution >= 4 is 22.8 Å². The standard InChI is InChI=1S/C13H12N2O3/c14-12(16)9-8-4-5-15-11(8)7-3-1-2-6(7)10(9)13(17)18/h4-5,15H,1-3H2,(H2,14,16)(H,17,18). The van der Waals surface area contributed by atoms with Crippen molar-refractivity contribution in [1.29, 1.82) is 0 Å². The first-order valence-electron chi connectivity index (χ1n) is 5.79. The number of hydrogen-bond acceptors (Lipinski definition) is 2. The van der Waals surface area contributed by atoms with Crippen LogP contribution in [0.15, 0.2) is 12.3 Å². The number of H-pyrrole nitrogens is 1. The lowest BCUT2D eigenvalue weighted by atomic mass is 9.93. The summed E-state index contributed by atoms with van der Waals surface area (Å²) in [6, 6.07) is 1.71. The van der Waals surface area contributed by atoms with Crippen LogP contribution < -0.4 is 5.73 Å². The van der Waals surface area contributed by atoms with Gasteiger partial charge in [0.15, 0.2) is 0 Å². The minimum atomic E-state index is -1.08. The number of carbonyl (C=O) groups is 2. The van der Waals surface area contributed by atoms with Crippen molar-refractivity contribution in [2.45, 2.75) is 19.3 Å². The molecule has 18 heavy (non-hydrogen) atoms. The highest BCUT2D eigenvalue weighted by Crippen LogP contribution is 2.35. The number of carbonyl (C=O) groups excluding carboxylic acids is 1. The van der Waals surface area contributed by atoms with Gasteiger partial charge in [0.05, 0.1) is 11.1 Å².